The largest absolute Gasteiger partial charge is 0.300 e. The average Bonchev–Trinajstić information content (AvgIpc) is 2.11. The van der Waals surface area contributed by atoms with Crippen LogP contribution in [0, 0.1) is 5.82 Å². The average molecular weight is 218 g/mol. The van der Waals surface area contributed by atoms with Crippen molar-refractivity contribution in [2.24, 2.45) is 5.90 Å². The molecule has 0 unspecified atom stereocenters. The molecule has 0 radical (unpaired) electrons. The lowest BCUT2D eigenvalue weighted by molar-refractivity contribution is 0.124. The van der Waals surface area contributed by atoms with E-state index in [0.29, 0.717) is 5.56 Å². The number of hydrogen-bond acceptors (Lipinski definition) is 2. The molecule has 0 saturated heterocycles. The van der Waals surface area contributed by atoms with Gasteiger partial charge in [-0.15, -0.1) is 0 Å². The van der Waals surface area contributed by atoms with Gasteiger partial charge in [-0.2, -0.15) is 0 Å². The predicted octanol–water partition coefficient (Wildman–Crippen LogP) is 2.99. The van der Waals surface area contributed by atoms with Crippen molar-refractivity contribution >= 4 is 11.6 Å². The molecule has 0 aliphatic carbocycles. The Morgan fingerprint density at radius 2 is 2.14 bits per heavy atom. The molecule has 0 fully saturated rings. The lowest BCUT2D eigenvalue weighted by Gasteiger charge is -2.10. The highest BCUT2D eigenvalue weighted by atomic mass is 35.5. The van der Waals surface area contributed by atoms with Crippen LogP contribution in [0.4, 0.5) is 4.39 Å². The fourth-order valence-corrected chi connectivity index (χ4v) is 1.52. The van der Waals surface area contributed by atoms with Gasteiger partial charge in [-0.25, -0.2) is 10.3 Å². The molecular formula is C10H13ClFNO. The number of nitrogens with two attached hydrogens (primary N) is 1. The summed E-state index contributed by atoms with van der Waals surface area (Å²) in [5.41, 5.74) is 1.37. The second-order valence-corrected chi connectivity index (χ2v) is 3.85. The van der Waals surface area contributed by atoms with Crippen molar-refractivity contribution in [3.8, 4) is 0 Å². The van der Waals surface area contributed by atoms with Gasteiger partial charge < -0.3 is 0 Å². The van der Waals surface area contributed by atoms with E-state index in [2.05, 4.69) is 4.84 Å². The van der Waals surface area contributed by atoms with Crippen molar-refractivity contribution in [1.29, 1.82) is 0 Å². The molecule has 0 aliphatic heterocycles. The summed E-state index contributed by atoms with van der Waals surface area (Å²) < 4.78 is 13.5. The quantitative estimate of drug-likeness (QED) is 0.790. The molecule has 0 spiro atoms. The Morgan fingerprint density at radius 1 is 1.50 bits per heavy atom. The van der Waals surface area contributed by atoms with Gasteiger partial charge in [-0.05, 0) is 23.1 Å². The topological polar surface area (TPSA) is 35.2 Å². The van der Waals surface area contributed by atoms with Crippen LogP contribution in [-0.2, 0) is 11.4 Å². The zero-order valence-corrected chi connectivity index (χ0v) is 8.94. The number of hydrogen-bond donors (Lipinski definition) is 1. The maximum atomic E-state index is 13.5. The van der Waals surface area contributed by atoms with Gasteiger partial charge in [0.1, 0.15) is 5.82 Å². The Labute approximate surface area is 87.8 Å². The first kappa shape index (κ1) is 11.4. The zero-order chi connectivity index (χ0) is 10.7. The van der Waals surface area contributed by atoms with Gasteiger partial charge in [0.2, 0.25) is 0 Å². The molecule has 4 heteroatoms. The van der Waals surface area contributed by atoms with Crippen LogP contribution < -0.4 is 5.90 Å². The first-order valence-corrected chi connectivity index (χ1v) is 4.73. The third kappa shape index (κ3) is 2.44. The molecule has 0 amide bonds. The Kier molecular flexibility index (Phi) is 3.86. The zero-order valence-electron chi connectivity index (χ0n) is 8.18. The van der Waals surface area contributed by atoms with E-state index in [0.717, 1.165) is 5.56 Å². The summed E-state index contributed by atoms with van der Waals surface area (Å²) in [6.45, 7) is 4.05. The van der Waals surface area contributed by atoms with Crippen molar-refractivity contribution in [3.63, 3.8) is 0 Å². The minimum absolute atomic E-state index is 0.0882. The molecule has 78 valence electrons. The number of benzene rings is 1. The molecule has 0 aromatic heterocycles. The van der Waals surface area contributed by atoms with Gasteiger partial charge in [0, 0.05) is 0 Å². The van der Waals surface area contributed by atoms with Crippen LogP contribution in [0.3, 0.4) is 0 Å². The van der Waals surface area contributed by atoms with Gasteiger partial charge in [0.15, 0.2) is 0 Å². The number of rotatable bonds is 3. The van der Waals surface area contributed by atoms with Crippen LogP contribution in [-0.4, -0.2) is 0 Å². The van der Waals surface area contributed by atoms with E-state index in [1.807, 2.05) is 13.8 Å². The molecule has 14 heavy (non-hydrogen) atoms. The molecule has 0 heterocycles. The highest BCUT2D eigenvalue weighted by molar-refractivity contribution is 6.30. The normalized spacial score (nSPS) is 11.0. The van der Waals surface area contributed by atoms with Gasteiger partial charge in [0.05, 0.1) is 11.6 Å². The Balaban J connectivity index is 3.14. The van der Waals surface area contributed by atoms with E-state index in [4.69, 9.17) is 17.5 Å². The first-order valence-electron chi connectivity index (χ1n) is 4.35. The summed E-state index contributed by atoms with van der Waals surface area (Å²) >= 11 is 5.73. The highest BCUT2D eigenvalue weighted by Gasteiger charge is 2.12. The van der Waals surface area contributed by atoms with Crippen LogP contribution >= 0.6 is 11.6 Å². The maximum absolute atomic E-state index is 13.5. The molecule has 1 aromatic carbocycles. The van der Waals surface area contributed by atoms with Crippen LogP contribution in [0.5, 0.6) is 0 Å². The van der Waals surface area contributed by atoms with E-state index in [-0.39, 0.29) is 23.4 Å². The summed E-state index contributed by atoms with van der Waals surface area (Å²) in [6, 6.07) is 3.24. The van der Waals surface area contributed by atoms with Crippen molar-refractivity contribution in [2.45, 2.75) is 26.4 Å². The van der Waals surface area contributed by atoms with Crippen LogP contribution in [0.1, 0.15) is 30.9 Å². The van der Waals surface area contributed by atoms with Crippen LogP contribution in [0.15, 0.2) is 12.1 Å². The monoisotopic (exact) mass is 217 g/mol. The van der Waals surface area contributed by atoms with Gasteiger partial charge in [-0.1, -0.05) is 31.5 Å². The summed E-state index contributed by atoms with van der Waals surface area (Å²) in [7, 11) is 0. The van der Waals surface area contributed by atoms with E-state index >= 15 is 0 Å². The highest BCUT2D eigenvalue weighted by Crippen LogP contribution is 2.26. The summed E-state index contributed by atoms with van der Waals surface area (Å²) in [5, 5.41) is 0.114. The fourth-order valence-electron chi connectivity index (χ4n) is 1.27. The first-order chi connectivity index (χ1) is 6.56. The van der Waals surface area contributed by atoms with Crippen LogP contribution in [0.2, 0.25) is 5.02 Å². The minimum Gasteiger partial charge on any atom is -0.300 e. The maximum Gasteiger partial charge on any atom is 0.145 e. The van der Waals surface area contributed by atoms with E-state index < -0.39 is 0 Å². The Bertz CT molecular complexity index is 328. The second-order valence-electron chi connectivity index (χ2n) is 3.45. The Hall–Kier alpha value is -0.640. The molecule has 2 N–H and O–H groups in total. The van der Waals surface area contributed by atoms with Gasteiger partial charge >= 0.3 is 0 Å². The molecule has 0 saturated carbocycles. The molecule has 0 aliphatic rings. The standard InChI is InChI=1S/C10H13ClFNO/c1-6(2)8-3-7(5-14-13)4-9(11)10(8)12/h3-4,6H,5,13H2,1-2H3. The van der Waals surface area contributed by atoms with Crippen LogP contribution in [0.25, 0.3) is 0 Å². The van der Waals surface area contributed by atoms with Crippen molar-refractivity contribution < 1.29 is 9.23 Å². The predicted molar refractivity (Wildman–Crippen MR) is 54.5 cm³/mol. The molecule has 1 rings (SSSR count). The van der Waals surface area contributed by atoms with Crippen molar-refractivity contribution in [2.75, 3.05) is 0 Å². The lowest BCUT2D eigenvalue weighted by atomic mass is 10.0. The van der Waals surface area contributed by atoms with E-state index in [9.17, 15) is 4.39 Å². The van der Waals surface area contributed by atoms with Crippen molar-refractivity contribution in [1.82, 2.24) is 0 Å². The fraction of sp³-hybridized carbons (Fsp3) is 0.400. The van der Waals surface area contributed by atoms with Crippen molar-refractivity contribution in [3.05, 3.63) is 34.1 Å². The summed E-state index contributed by atoms with van der Waals surface area (Å²) in [4.78, 5) is 4.48. The van der Waals surface area contributed by atoms with E-state index in [1.165, 1.54) is 6.07 Å². The Morgan fingerprint density at radius 3 is 2.64 bits per heavy atom. The second kappa shape index (κ2) is 4.73. The summed E-state index contributed by atoms with van der Waals surface area (Å²) in [6.07, 6.45) is 0. The van der Waals surface area contributed by atoms with E-state index in [1.54, 1.807) is 6.07 Å². The molecular weight excluding hydrogens is 205 g/mol. The molecule has 0 bridgehead atoms. The lowest BCUT2D eigenvalue weighted by Crippen LogP contribution is -2.02. The molecule has 1 aromatic rings. The summed E-state index contributed by atoms with van der Waals surface area (Å²) in [5.74, 6) is 4.67. The van der Waals surface area contributed by atoms with Gasteiger partial charge in [-0.3, -0.25) is 4.84 Å². The number of halogens is 2. The SMILES string of the molecule is CC(C)c1cc(CON)cc(Cl)c1F. The smallest absolute Gasteiger partial charge is 0.145 e. The third-order valence-corrected chi connectivity index (χ3v) is 2.26. The molecule has 0 atom stereocenters. The third-order valence-electron chi connectivity index (χ3n) is 1.99. The van der Waals surface area contributed by atoms with Gasteiger partial charge in [0.25, 0.3) is 0 Å². The minimum atomic E-state index is -0.359. The molecule has 2 nitrogen and oxygen atoms in total.